The van der Waals surface area contributed by atoms with E-state index < -0.39 is 0 Å². The zero-order valence-corrected chi connectivity index (χ0v) is 6.86. The Morgan fingerprint density at radius 3 is 2.55 bits per heavy atom. The van der Waals surface area contributed by atoms with Crippen LogP contribution in [0.4, 0.5) is 0 Å². The maximum absolute atomic E-state index is 5.26. The van der Waals surface area contributed by atoms with Gasteiger partial charge in [0.2, 0.25) is 0 Å². The summed E-state index contributed by atoms with van der Waals surface area (Å²) in [5.74, 6) is 0. The Bertz CT molecular complexity index is 181. The monoisotopic (exact) mass is 152 g/mol. The van der Waals surface area contributed by atoms with E-state index in [0.717, 1.165) is 12.8 Å². The van der Waals surface area contributed by atoms with Gasteiger partial charge in [0.1, 0.15) is 6.23 Å². The molecule has 0 aliphatic carbocycles. The first-order chi connectivity index (χ1) is 5.38. The van der Waals surface area contributed by atoms with Crippen molar-refractivity contribution in [2.75, 3.05) is 7.11 Å². The van der Waals surface area contributed by atoms with Crippen molar-refractivity contribution >= 4 is 0 Å². The van der Waals surface area contributed by atoms with E-state index in [2.05, 4.69) is 6.92 Å². The molecular weight excluding hydrogens is 138 g/mol. The molecule has 1 rings (SSSR count). The molecule has 1 aromatic rings. The van der Waals surface area contributed by atoms with Crippen LogP contribution in [0.1, 0.15) is 19.1 Å². The van der Waals surface area contributed by atoms with E-state index in [1.54, 1.807) is 7.11 Å². The highest BCUT2D eigenvalue weighted by Crippen LogP contribution is 2.13. The summed E-state index contributed by atoms with van der Waals surface area (Å²) in [5.41, 5.74) is 0. The van der Waals surface area contributed by atoms with Crippen LogP contribution in [-0.2, 0) is 4.74 Å². The molecule has 1 heterocycles. The third kappa shape index (κ3) is 2.09. The molecular formula is C9H14NO. The maximum atomic E-state index is 5.26. The molecule has 1 aromatic heterocycles. The van der Waals surface area contributed by atoms with Crippen molar-refractivity contribution in [3.05, 3.63) is 31.5 Å². The molecule has 0 saturated carbocycles. The van der Waals surface area contributed by atoms with Crippen molar-refractivity contribution in [1.29, 1.82) is 0 Å². The average molecular weight is 152 g/mol. The van der Waals surface area contributed by atoms with E-state index in [1.165, 1.54) is 0 Å². The molecule has 0 saturated heterocycles. The molecule has 0 aliphatic rings. The van der Waals surface area contributed by atoms with E-state index in [4.69, 9.17) is 4.74 Å². The summed E-state index contributed by atoms with van der Waals surface area (Å²) in [6, 6.07) is 3.99. The molecule has 0 bridgehead atoms. The molecule has 0 aliphatic heterocycles. The van der Waals surface area contributed by atoms with Gasteiger partial charge in [-0.2, -0.15) is 0 Å². The lowest BCUT2D eigenvalue weighted by molar-refractivity contribution is 0.0379. The smallest absolute Gasteiger partial charge is 0.133 e. The summed E-state index contributed by atoms with van der Waals surface area (Å²) in [4.78, 5) is 0. The zero-order valence-electron chi connectivity index (χ0n) is 6.86. The Morgan fingerprint density at radius 2 is 2.09 bits per heavy atom. The molecule has 61 valence electrons. The van der Waals surface area contributed by atoms with Gasteiger partial charge in [-0.3, -0.25) is 0 Å². The van der Waals surface area contributed by atoms with Crippen LogP contribution < -0.4 is 0 Å². The van der Waals surface area contributed by atoms with Gasteiger partial charge in [0, 0.05) is 19.5 Å². The van der Waals surface area contributed by atoms with Crippen LogP contribution in [-0.4, -0.2) is 11.7 Å². The van der Waals surface area contributed by atoms with Crippen LogP contribution in [0.2, 0.25) is 0 Å². The van der Waals surface area contributed by atoms with E-state index >= 15 is 0 Å². The predicted molar refractivity (Wildman–Crippen MR) is 45.1 cm³/mol. The normalized spacial score (nSPS) is 13.3. The second-order valence-electron chi connectivity index (χ2n) is 2.46. The number of ether oxygens (including phenoxy) is 1. The molecule has 1 unspecified atom stereocenters. The van der Waals surface area contributed by atoms with Gasteiger partial charge in [-0.1, -0.05) is 6.92 Å². The molecule has 11 heavy (non-hydrogen) atoms. The van der Waals surface area contributed by atoms with E-state index in [0.29, 0.717) is 0 Å². The summed E-state index contributed by atoms with van der Waals surface area (Å²) < 4.78 is 7.30. The molecule has 0 N–H and O–H groups in total. The lowest BCUT2D eigenvalue weighted by atomic mass is 10.3. The van der Waals surface area contributed by atoms with Gasteiger partial charge < -0.3 is 9.30 Å². The summed E-state index contributed by atoms with van der Waals surface area (Å²) in [5, 5.41) is 0. The van der Waals surface area contributed by atoms with Gasteiger partial charge in [-0.15, -0.1) is 0 Å². The van der Waals surface area contributed by atoms with Crippen molar-refractivity contribution < 1.29 is 4.74 Å². The van der Waals surface area contributed by atoms with Crippen molar-refractivity contribution in [3.8, 4) is 0 Å². The maximum Gasteiger partial charge on any atom is 0.133 e. The van der Waals surface area contributed by atoms with Crippen LogP contribution in [0, 0.1) is 6.92 Å². The predicted octanol–water partition coefficient (Wildman–Crippen LogP) is 2.25. The molecule has 0 fully saturated rings. The number of rotatable bonds is 4. The Balaban J connectivity index is 2.56. The van der Waals surface area contributed by atoms with Crippen molar-refractivity contribution in [1.82, 2.24) is 4.57 Å². The largest absolute Gasteiger partial charge is 0.361 e. The molecule has 0 spiro atoms. The van der Waals surface area contributed by atoms with Gasteiger partial charge in [0.15, 0.2) is 0 Å². The third-order valence-corrected chi connectivity index (χ3v) is 1.68. The van der Waals surface area contributed by atoms with Crippen LogP contribution in [0.5, 0.6) is 0 Å². The quantitative estimate of drug-likeness (QED) is 0.645. The van der Waals surface area contributed by atoms with Crippen LogP contribution in [0.15, 0.2) is 24.5 Å². The van der Waals surface area contributed by atoms with Gasteiger partial charge >= 0.3 is 0 Å². The second kappa shape index (κ2) is 4.19. The van der Waals surface area contributed by atoms with Crippen LogP contribution >= 0.6 is 0 Å². The van der Waals surface area contributed by atoms with Crippen LogP contribution in [0.3, 0.4) is 0 Å². The highest BCUT2D eigenvalue weighted by atomic mass is 16.5. The minimum atomic E-state index is 0.155. The summed E-state index contributed by atoms with van der Waals surface area (Å²) in [6.07, 6.45) is 6.03. The van der Waals surface area contributed by atoms with Gasteiger partial charge in [-0.25, -0.2) is 0 Å². The minimum Gasteiger partial charge on any atom is -0.361 e. The lowest BCUT2D eigenvalue weighted by Gasteiger charge is -2.15. The number of hydrogen-bond acceptors (Lipinski definition) is 1. The SMILES string of the molecule is [CH2]CCC(OC)n1cccc1. The summed E-state index contributed by atoms with van der Waals surface area (Å²) >= 11 is 0. The number of methoxy groups -OCH3 is 1. The van der Waals surface area contributed by atoms with Gasteiger partial charge in [0.25, 0.3) is 0 Å². The highest BCUT2D eigenvalue weighted by Gasteiger charge is 2.04. The molecule has 1 atom stereocenters. The second-order valence-corrected chi connectivity index (χ2v) is 2.46. The molecule has 0 amide bonds. The summed E-state index contributed by atoms with van der Waals surface area (Å²) in [7, 11) is 1.72. The molecule has 2 nitrogen and oxygen atoms in total. The molecule has 2 heteroatoms. The Labute approximate surface area is 67.8 Å². The van der Waals surface area contributed by atoms with Crippen molar-refractivity contribution in [2.45, 2.75) is 19.1 Å². The third-order valence-electron chi connectivity index (χ3n) is 1.68. The first-order valence-corrected chi connectivity index (χ1v) is 3.83. The number of nitrogens with zero attached hydrogens (tertiary/aromatic N) is 1. The fourth-order valence-electron chi connectivity index (χ4n) is 1.10. The fourth-order valence-corrected chi connectivity index (χ4v) is 1.10. The van der Waals surface area contributed by atoms with Gasteiger partial charge in [0.05, 0.1) is 0 Å². The number of hydrogen-bond donors (Lipinski definition) is 0. The average Bonchev–Trinajstić information content (AvgIpc) is 2.52. The Kier molecular flexibility index (Phi) is 3.17. The fraction of sp³-hybridized carbons (Fsp3) is 0.444. The summed E-state index contributed by atoms with van der Waals surface area (Å²) in [6.45, 7) is 3.79. The lowest BCUT2D eigenvalue weighted by Crippen LogP contribution is -2.08. The topological polar surface area (TPSA) is 14.2 Å². The highest BCUT2D eigenvalue weighted by molar-refractivity contribution is 4.91. The van der Waals surface area contributed by atoms with Crippen LogP contribution in [0.25, 0.3) is 0 Å². The Morgan fingerprint density at radius 1 is 1.45 bits per heavy atom. The first kappa shape index (κ1) is 8.34. The van der Waals surface area contributed by atoms with E-state index in [1.807, 2.05) is 29.1 Å². The number of aromatic nitrogens is 1. The van der Waals surface area contributed by atoms with E-state index in [-0.39, 0.29) is 6.23 Å². The first-order valence-electron chi connectivity index (χ1n) is 3.83. The van der Waals surface area contributed by atoms with Crippen molar-refractivity contribution in [3.63, 3.8) is 0 Å². The molecule has 0 aromatic carbocycles. The van der Waals surface area contributed by atoms with Gasteiger partial charge in [-0.05, 0) is 25.0 Å². The standard InChI is InChI=1S/C9H14NO/c1-3-6-9(11-2)10-7-4-5-8-10/h4-5,7-9H,1,3,6H2,2H3. The van der Waals surface area contributed by atoms with Crippen molar-refractivity contribution in [2.24, 2.45) is 0 Å². The van der Waals surface area contributed by atoms with E-state index in [9.17, 15) is 0 Å². The minimum absolute atomic E-state index is 0.155. The zero-order chi connectivity index (χ0) is 8.10. The Hall–Kier alpha value is -0.760. The molecule has 1 radical (unpaired) electrons.